The Hall–Kier alpha value is -2.18. The van der Waals surface area contributed by atoms with Crippen molar-refractivity contribution in [3.8, 4) is 5.75 Å². The van der Waals surface area contributed by atoms with E-state index in [9.17, 15) is 9.59 Å². The summed E-state index contributed by atoms with van der Waals surface area (Å²) >= 11 is 7.47. The molecule has 0 aliphatic carbocycles. The fourth-order valence-corrected chi connectivity index (χ4v) is 4.14. The Kier molecular flexibility index (Phi) is 10.2. The Balaban J connectivity index is 2.12. The molecule has 168 valence electrons. The lowest BCUT2D eigenvalue weighted by molar-refractivity contribution is -0.139. The van der Waals surface area contributed by atoms with Crippen molar-refractivity contribution in [1.29, 1.82) is 0 Å². The summed E-state index contributed by atoms with van der Waals surface area (Å²) in [5.74, 6) is 1.57. The van der Waals surface area contributed by atoms with Gasteiger partial charge in [0, 0.05) is 23.4 Å². The Morgan fingerprint density at radius 1 is 1.06 bits per heavy atom. The SMILES string of the molecule is CC[C@H](C(=O)NC(C)C)N(Cc1ccc(OC)cc1)C(=O)CSCc1ccc(Cl)cc1. The van der Waals surface area contributed by atoms with E-state index < -0.39 is 6.04 Å². The minimum Gasteiger partial charge on any atom is -0.497 e. The first kappa shape index (κ1) is 25.1. The quantitative estimate of drug-likeness (QED) is 0.515. The van der Waals surface area contributed by atoms with E-state index in [1.165, 1.54) is 11.8 Å². The molecule has 5 nitrogen and oxygen atoms in total. The molecule has 0 spiro atoms. The Labute approximate surface area is 194 Å². The number of benzene rings is 2. The van der Waals surface area contributed by atoms with Crippen LogP contribution >= 0.6 is 23.4 Å². The second-order valence-corrected chi connectivity index (χ2v) is 9.00. The average molecular weight is 463 g/mol. The highest BCUT2D eigenvalue weighted by Crippen LogP contribution is 2.20. The number of thioether (sulfide) groups is 1. The van der Waals surface area contributed by atoms with Crippen LogP contribution in [0.25, 0.3) is 0 Å². The number of methoxy groups -OCH3 is 1. The third kappa shape index (κ3) is 8.11. The van der Waals surface area contributed by atoms with E-state index in [4.69, 9.17) is 16.3 Å². The maximum absolute atomic E-state index is 13.2. The third-order valence-electron chi connectivity index (χ3n) is 4.74. The van der Waals surface area contributed by atoms with Crippen molar-refractivity contribution in [1.82, 2.24) is 10.2 Å². The number of hydrogen-bond donors (Lipinski definition) is 1. The van der Waals surface area contributed by atoms with Crippen LogP contribution in [-0.2, 0) is 21.9 Å². The zero-order valence-corrected chi connectivity index (χ0v) is 20.1. The van der Waals surface area contributed by atoms with Gasteiger partial charge in [-0.2, -0.15) is 0 Å². The van der Waals surface area contributed by atoms with Gasteiger partial charge >= 0.3 is 0 Å². The summed E-state index contributed by atoms with van der Waals surface area (Å²) in [6.45, 7) is 6.14. The number of nitrogens with one attached hydrogen (secondary N) is 1. The van der Waals surface area contributed by atoms with Crippen LogP contribution in [0.1, 0.15) is 38.3 Å². The van der Waals surface area contributed by atoms with Crippen LogP contribution in [-0.4, -0.2) is 41.7 Å². The molecule has 0 radical (unpaired) electrons. The number of carbonyl (C=O) groups is 2. The van der Waals surface area contributed by atoms with Crippen molar-refractivity contribution < 1.29 is 14.3 Å². The van der Waals surface area contributed by atoms with Crippen molar-refractivity contribution in [2.45, 2.75) is 51.6 Å². The van der Waals surface area contributed by atoms with Gasteiger partial charge in [-0.3, -0.25) is 9.59 Å². The minimum atomic E-state index is -0.520. The summed E-state index contributed by atoms with van der Waals surface area (Å²) in [5.41, 5.74) is 2.06. The molecule has 0 bridgehead atoms. The van der Waals surface area contributed by atoms with Crippen molar-refractivity contribution in [3.63, 3.8) is 0 Å². The van der Waals surface area contributed by atoms with E-state index in [1.807, 2.05) is 69.3 Å². The molecule has 0 saturated heterocycles. The highest BCUT2D eigenvalue weighted by molar-refractivity contribution is 7.99. The molecular formula is C24H31ClN2O3S. The number of amides is 2. The first-order valence-corrected chi connectivity index (χ1v) is 11.9. The van der Waals surface area contributed by atoms with Crippen LogP contribution in [0.4, 0.5) is 0 Å². The molecule has 2 aromatic carbocycles. The highest BCUT2D eigenvalue weighted by Gasteiger charge is 2.28. The van der Waals surface area contributed by atoms with Crippen molar-refractivity contribution in [3.05, 3.63) is 64.7 Å². The molecule has 0 aliphatic heterocycles. The number of ether oxygens (including phenoxy) is 1. The van der Waals surface area contributed by atoms with Gasteiger partial charge in [0.1, 0.15) is 11.8 Å². The molecule has 7 heteroatoms. The lowest BCUT2D eigenvalue weighted by Gasteiger charge is -2.31. The van der Waals surface area contributed by atoms with Crippen molar-refractivity contribution >= 4 is 35.2 Å². The molecule has 0 heterocycles. The summed E-state index contributed by atoms with van der Waals surface area (Å²) in [7, 11) is 1.62. The lowest BCUT2D eigenvalue weighted by atomic mass is 10.1. The molecule has 0 saturated carbocycles. The molecule has 2 aromatic rings. The van der Waals surface area contributed by atoms with Gasteiger partial charge in [0.25, 0.3) is 0 Å². The zero-order chi connectivity index (χ0) is 22.8. The van der Waals surface area contributed by atoms with E-state index in [1.54, 1.807) is 12.0 Å². The summed E-state index contributed by atoms with van der Waals surface area (Å²) in [6, 6.07) is 14.7. The van der Waals surface area contributed by atoms with Crippen molar-refractivity contribution in [2.75, 3.05) is 12.9 Å². The smallest absolute Gasteiger partial charge is 0.243 e. The maximum Gasteiger partial charge on any atom is 0.243 e. The fraction of sp³-hybridized carbons (Fsp3) is 0.417. The molecule has 2 amide bonds. The van der Waals surface area contributed by atoms with Gasteiger partial charge in [0.2, 0.25) is 11.8 Å². The zero-order valence-electron chi connectivity index (χ0n) is 18.6. The predicted octanol–water partition coefficient (Wildman–Crippen LogP) is 4.91. The molecular weight excluding hydrogens is 432 g/mol. The Morgan fingerprint density at radius 2 is 1.68 bits per heavy atom. The Morgan fingerprint density at radius 3 is 2.23 bits per heavy atom. The van der Waals surface area contributed by atoms with E-state index in [0.29, 0.717) is 29.5 Å². The van der Waals surface area contributed by atoms with E-state index in [0.717, 1.165) is 16.9 Å². The number of halogens is 1. The molecule has 2 rings (SSSR count). The van der Waals surface area contributed by atoms with Crippen LogP contribution in [0.15, 0.2) is 48.5 Å². The number of hydrogen-bond acceptors (Lipinski definition) is 4. The van der Waals surface area contributed by atoms with E-state index >= 15 is 0 Å². The first-order chi connectivity index (χ1) is 14.8. The van der Waals surface area contributed by atoms with Gasteiger partial charge in [0.05, 0.1) is 12.9 Å². The monoisotopic (exact) mass is 462 g/mol. The second kappa shape index (κ2) is 12.6. The summed E-state index contributed by atoms with van der Waals surface area (Å²) in [5, 5.41) is 3.64. The summed E-state index contributed by atoms with van der Waals surface area (Å²) < 4.78 is 5.22. The van der Waals surface area contributed by atoms with Gasteiger partial charge in [0.15, 0.2) is 0 Å². The third-order valence-corrected chi connectivity index (χ3v) is 5.98. The van der Waals surface area contributed by atoms with Gasteiger partial charge in [-0.05, 0) is 55.7 Å². The molecule has 0 aromatic heterocycles. The maximum atomic E-state index is 13.2. The summed E-state index contributed by atoms with van der Waals surface area (Å²) in [6.07, 6.45) is 0.544. The minimum absolute atomic E-state index is 0.0127. The largest absolute Gasteiger partial charge is 0.497 e. The van der Waals surface area contributed by atoms with Gasteiger partial charge in [-0.15, -0.1) is 11.8 Å². The molecule has 31 heavy (non-hydrogen) atoms. The second-order valence-electron chi connectivity index (χ2n) is 7.58. The van der Waals surface area contributed by atoms with Crippen LogP contribution in [0, 0.1) is 0 Å². The van der Waals surface area contributed by atoms with Crippen LogP contribution < -0.4 is 10.1 Å². The molecule has 0 fully saturated rings. The van der Waals surface area contributed by atoms with Crippen LogP contribution in [0.2, 0.25) is 5.02 Å². The highest BCUT2D eigenvalue weighted by atomic mass is 35.5. The summed E-state index contributed by atoms with van der Waals surface area (Å²) in [4.78, 5) is 27.7. The molecule has 0 aliphatic rings. The lowest BCUT2D eigenvalue weighted by Crippen LogP contribution is -2.50. The predicted molar refractivity (Wildman–Crippen MR) is 129 cm³/mol. The van der Waals surface area contributed by atoms with Gasteiger partial charge in [-0.1, -0.05) is 42.8 Å². The molecule has 1 atom stereocenters. The van der Waals surface area contributed by atoms with Crippen LogP contribution in [0.3, 0.4) is 0 Å². The molecule has 1 N–H and O–H groups in total. The topological polar surface area (TPSA) is 58.6 Å². The number of nitrogens with zero attached hydrogens (tertiary/aromatic N) is 1. The first-order valence-electron chi connectivity index (χ1n) is 10.4. The van der Waals surface area contributed by atoms with E-state index in [2.05, 4.69) is 5.32 Å². The normalized spacial score (nSPS) is 11.8. The number of carbonyl (C=O) groups excluding carboxylic acids is 2. The standard InChI is InChI=1S/C24H31ClN2O3S/c1-5-22(24(29)26-17(2)3)27(14-18-8-12-21(30-4)13-9-18)23(28)16-31-15-19-6-10-20(25)11-7-19/h6-13,17,22H,5,14-16H2,1-4H3,(H,26,29)/t22-/m1/s1. The van der Waals surface area contributed by atoms with Gasteiger partial charge in [-0.25, -0.2) is 0 Å². The Bertz CT molecular complexity index is 841. The van der Waals surface area contributed by atoms with Gasteiger partial charge < -0.3 is 15.0 Å². The average Bonchev–Trinajstić information content (AvgIpc) is 2.74. The van der Waals surface area contributed by atoms with Crippen LogP contribution in [0.5, 0.6) is 5.75 Å². The van der Waals surface area contributed by atoms with Crippen molar-refractivity contribution in [2.24, 2.45) is 0 Å². The number of rotatable bonds is 11. The fourth-order valence-electron chi connectivity index (χ4n) is 3.15. The molecule has 0 unspecified atom stereocenters. The van der Waals surface area contributed by atoms with E-state index in [-0.39, 0.29) is 17.9 Å².